The third kappa shape index (κ3) is 4.91. The van der Waals surface area contributed by atoms with Crippen molar-refractivity contribution in [2.24, 2.45) is 5.10 Å². The minimum absolute atomic E-state index is 0.0668. The van der Waals surface area contributed by atoms with Gasteiger partial charge in [0.15, 0.2) is 0 Å². The van der Waals surface area contributed by atoms with Gasteiger partial charge in [-0.25, -0.2) is 10.9 Å². The second-order valence-corrected chi connectivity index (χ2v) is 4.15. The molecule has 0 fully saturated rings. The molecule has 7 heteroatoms. The third-order valence-electron chi connectivity index (χ3n) is 1.85. The highest BCUT2D eigenvalue weighted by Gasteiger charge is 2.01. The zero-order chi connectivity index (χ0) is 13.4. The van der Waals surface area contributed by atoms with Gasteiger partial charge in [0.25, 0.3) is 0 Å². The Morgan fingerprint density at radius 2 is 2.11 bits per heavy atom. The summed E-state index contributed by atoms with van der Waals surface area (Å²) in [5.41, 5.74) is 5.43. The fraction of sp³-hybridized carbons (Fsp3) is 0.273. The molecule has 0 aromatic heterocycles. The average molecular weight is 289 g/mol. The Labute approximate surface area is 116 Å². The van der Waals surface area contributed by atoms with Crippen LogP contribution in [-0.2, 0) is 4.84 Å². The van der Waals surface area contributed by atoms with Crippen LogP contribution in [0.3, 0.4) is 0 Å². The Bertz CT molecular complexity index is 417. The van der Waals surface area contributed by atoms with Crippen LogP contribution in [0.5, 0.6) is 0 Å². The van der Waals surface area contributed by atoms with Crippen LogP contribution in [0.1, 0.15) is 18.9 Å². The molecular formula is C11H14Cl2N4O. The van der Waals surface area contributed by atoms with E-state index < -0.39 is 0 Å². The Hall–Kier alpha value is -1.30. The number of hydroxylamine groups is 1. The van der Waals surface area contributed by atoms with Crippen LogP contribution in [0.2, 0.25) is 10.0 Å². The smallest absolute Gasteiger partial charge is 0.233 e. The molecule has 18 heavy (non-hydrogen) atoms. The first-order valence-electron chi connectivity index (χ1n) is 5.34. The van der Waals surface area contributed by atoms with E-state index in [1.807, 2.05) is 6.92 Å². The van der Waals surface area contributed by atoms with E-state index in [0.717, 1.165) is 6.42 Å². The van der Waals surface area contributed by atoms with Gasteiger partial charge in [-0.15, -0.1) is 0 Å². The van der Waals surface area contributed by atoms with Gasteiger partial charge in [-0.2, -0.15) is 5.10 Å². The van der Waals surface area contributed by atoms with E-state index in [4.69, 9.17) is 33.4 Å². The summed E-state index contributed by atoms with van der Waals surface area (Å²) >= 11 is 11.9. The van der Waals surface area contributed by atoms with Gasteiger partial charge in [0.05, 0.1) is 22.9 Å². The van der Waals surface area contributed by atoms with E-state index in [2.05, 4.69) is 16.0 Å². The van der Waals surface area contributed by atoms with Gasteiger partial charge in [-0.05, 0) is 18.6 Å². The monoisotopic (exact) mass is 288 g/mol. The summed E-state index contributed by atoms with van der Waals surface area (Å²) in [5.74, 6) is -0.0668. The lowest BCUT2D eigenvalue weighted by atomic mass is 10.2. The second kappa shape index (κ2) is 7.92. The maximum absolute atomic E-state index is 7.41. The Balaban J connectivity index is 2.47. The number of nitrogens with zero attached hydrogens (tertiary/aromatic N) is 1. The SMILES string of the molecule is CCCONC(=N)N/N=C/c1c(Cl)cccc1Cl. The zero-order valence-corrected chi connectivity index (χ0v) is 11.3. The van der Waals surface area contributed by atoms with Gasteiger partial charge < -0.3 is 0 Å². The van der Waals surface area contributed by atoms with Gasteiger partial charge in [0, 0.05) is 5.56 Å². The van der Waals surface area contributed by atoms with Crippen LogP contribution in [0.25, 0.3) is 0 Å². The molecule has 0 aliphatic heterocycles. The Morgan fingerprint density at radius 3 is 2.72 bits per heavy atom. The lowest BCUT2D eigenvalue weighted by Gasteiger charge is -2.06. The number of hydrazone groups is 1. The topological polar surface area (TPSA) is 69.5 Å². The first kappa shape index (κ1) is 14.8. The van der Waals surface area contributed by atoms with E-state index >= 15 is 0 Å². The lowest BCUT2D eigenvalue weighted by molar-refractivity contribution is 0.0825. The number of halogens is 2. The van der Waals surface area contributed by atoms with Crippen molar-refractivity contribution >= 4 is 35.4 Å². The van der Waals surface area contributed by atoms with Crippen molar-refractivity contribution in [2.75, 3.05) is 6.61 Å². The minimum atomic E-state index is -0.0668. The van der Waals surface area contributed by atoms with Crippen molar-refractivity contribution in [3.05, 3.63) is 33.8 Å². The van der Waals surface area contributed by atoms with E-state index in [-0.39, 0.29) is 5.96 Å². The van der Waals surface area contributed by atoms with Gasteiger partial charge in [-0.1, -0.05) is 36.2 Å². The predicted molar refractivity (Wildman–Crippen MR) is 74.3 cm³/mol. The summed E-state index contributed by atoms with van der Waals surface area (Å²) in [6.45, 7) is 2.49. The van der Waals surface area contributed by atoms with Gasteiger partial charge in [0.1, 0.15) is 0 Å². The van der Waals surface area contributed by atoms with E-state index in [0.29, 0.717) is 22.2 Å². The van der Waals surface area contributed by atoms with E-state index in [1.165, 1.54) is 6.21 Å². The molecule has 1 aromatic carbocycles. The van der Waals surface area contributed by atoms with Crippen molar-refractivity contribution < 1.29 is 4.84 Å². The molecule has 0 heterocycles. The van der Waals surface area contributed by atoms with Crippen molar-refractivity contribution in [1.29, 1.82) is 5.41 Å². The average Bonchev–Trinajstić information content (AvgIpc) is 2.33. The molecule has 3 N–H and O–H groups in total. The highest BCUT2D eigenvalue weighted by molar-refractivity contribution is 6.38. The maximum atomic E-state index is 7.41. The van der Waals surface area contributed by atoms with Crippen molar-refractivity contribution in [2.45, 2.75) is 13.3 Å². The van der Waals surface area contributed by atoms with Gasteiger partial charge in [-0.3, -0.25) is 10.2 Å². The molecule has 0 amide bonds. The number of nitrogens with one attached hydrogen (secondary N) is 3. The molecule has 0 saturated carbocycles. The molecule has 0 aliphatic rings. The minimum Gasteiger partial charge on any atom is -0.274 e. The molecule has 0 unspecified atom stereocenters. The van der Waals surface area contributed by atoms with Crippen molar-refractivity contribution in [1.82, 2.24) is 10.9 Å². The van der Waals surface area contributed by atoms with Crippen LogP contribution in [0, 0.1) is 5.41 Å². The Morgan fingerprint density at radius 1 is 1.44 bits per heavy atom. The third-order valence-corrected chi connectivity index (χ3v) is 2.51. The van der Waals surface area contributed by atoms with Crippen LogP contribution in [0.4, 0.5) is 0 Å². The molecule has 1 aromatic rings. The highest BCUT2D eigenvalue weighted by Crippen LogP contribution is 2.21. The highest BCUT2D eigenvalue weighted by atomic mass is 35.5. The molecule has 0 bridgehead atoms. The maximum Gasteiger partial charge on any atom is 0.233 e. The summed E-state index contributed by atoms with van der Waals surface area (Å²) in [5, 5.41) is 12.2. The number of hydrogen-bond acceptors (Lipinski definition) is 3. The fourth-order valence-electron chi connectivity index (χ4n) is 1.04. The van der Waals surface area contributed by atoms with E-state index in [1.54, 1.807) is 18.2 Å². The number of guanidine groups is 1. The standard InChI is InChI=1S/C11H14Cl2N4O/c1-2-6-18-17-11(14)16-15-7-8-9(12)4-3-5-10(8)13/h3-5,7H,2,6H2,1H3,(H3,14,16,17)/b15-7+. The molecule has 0 spiro atoms. The number of rotatable bonds is 5. The largest absolute Gasteiger partial charge is 0.274 e. The summed E-state index contributed by atoms with van der Waals surface area (Å²) in [6.07, 6.45) is 2.31. The first-order chi connectivity index (χ1) is 8.65. The molecule has 0 atom stereocenters. The normalized spacial score (nSPS) is 10.6. The summed E-state index contributed by atoms with van der Waals surface area (Å²) in [4.78, 5) is 4.93. The molecule has 5 nitrogen and oxygen atoms in total. The summed E-state index contributed by atoms with van der Waals surface area (Å²) in [7, 11) is 0. The summed E-state index contributed by atoms with van der Waals surface area (Å²) < 4.78 is 0. The van der Waals surface area contributed by atoms with Gasteiger partial charge >= 0.3 is 0 Å². The molecule has 0 aliphatic carbocycles. The fourth-order valence-corrected chi connectivity index (χ4v) is 1.54. The number of hydrogen-bond donors (Lipinski definition) is 3. The molecule has 1 rings (SSSR count). The van der Waals surface area contributed by atoms with Crippen LogP contribution >= 0.6 is 23.2 Å². The molecule has 0 saturated heterocycles. The van der Waals surface area contributed by atoms with Crippen LogP contribution < -0.4 is 10.9 Å². The zero-order valence-electron chi connectivity index (χ0n) is 9.84. The Kier molecular flexibility index (Phi) is 6.49. The molecule has 0 radical (unpaired) electrons. The quantitative estimate of drug-likeness (QED) is 0.338. The number of benzene rings is 1. The van der Waals surface area contributed by atoms with E-state index in [9.17, 15) is 0 Å². The lowest BCUT2D eigenvalue weighted by Crippen LogP contribution is -2.33. The van der Waals surface area contributed by atoms with Crippen molar-refractivity contribution in [3.63, 3.8) is 0 Å². The second-order valence-electron chi connectivity index (χ2n) is 3.33. The summed E-state index contributed by atoms with van der Waals surface area (Å²) in [6, 6.07) is 5.17. The molecular weight excluding hydrogens is 275 g/mol. The predicted octanol–water partition coefficient (Wildman–Crippen LogP) is 2.78. The van der Waals surface area contributed by atoms with Crippen LogP contribution in [-0.4, -0.2) is 18.8 Å². The van der Waals surface area contributed by atoms with Crippen LogP contribution in [0.15, 0.2) is 23.3 Å². The van der Waals surface area contributed by atoms with Gasteiger partial charge in [0.2, 0.25) is 5.96 Å². The molecule has 98 valence electrons. The van der Waals surface area contributed by atoms with Crippen molar-refractivity contribution in [3.8, 4) is 0 Å². The first-order valence-corrected chi connectivity index (χ1v) is 6.10.